The van der Waals surface area contributed by atoms with Gasteiger partial charge in [0.1, 0.15) is 6.61 Å². The van der Waals surface area contributed by atoms with Crippen molar-refractivity contribution >= 4 is 6.09 Å². The van der Waals surface area contributed by atoms with Gasteiger partial charge in [0, 0.05) is 26.3 Å². The van der Waals surface area contributed by atoms with Crippen LogP contribution in [0.3, 0.4) is 0 Å². The Hall–Kier alpha value is -2.30. The first-order valence-electron chi connectivity index (χ1n) is 6.69. The maximum absolute atomic E-state index is 12.1. The van der Waals surface area contributed by atoms with Gasteiger partial charge in [-0.15, -0.1) is 0 Å². The molecule has 0 unspecified atom stereocenters. The highest BCUT2D eigenvalue weighted by Crippen LogP contribution is 2.19. The first kappa shape index (κ1) is 12.7. The monoisotopic (exact) mass is 271 g/mol. The fourth-order valence-corrected chi connectivity index (χ4v) is 2.42. The summed E-state index contributed by atoms with van der Waals surface area (Å²) < 4.78 is 7.06. The molecule has 1 amide bonds. The lowest BCUT2D eigenvalue weighted by molar-refractivity contribution is 0.0898. The van der Waals surface area contributed by atoms with E-state index in [4.69, 9.17) is 4.74 Å². The summed E-state index contributed by atoms with van der Waals surface area (Å²) in [5, 5.41) is 4.05. The summed E-state index contributed by atoms with van der Waals surface area (Å²) >= 11 is 0. The summed E-state index contributed by atoms with van der Waals surface area (Å²) in [7, 11) is 1.83. The molecule has 0 saturated carbocycles. The van der Waals surface area contributed by atoms with Crippen LogP contribution >= 0.6 is 0 Å². The summed E-state index contributed by atoms with van der Waals surface area (Å²) in [4.78, 5) is 13.8. The van der Waals surface area contributed by atoms with Gasteiger partial charge in [-0.2, -0.15) is 5.10 Å². The molecule has 0 atom stereocenters. The van der Waals surface area contributed by atoms with Gasteiger partial charge >= 0.3 is 6.09 Å². The molecule has 5 heteroatoms. The van der Waals surface area contributed by atoms with Crippen molar-refractivity contribution in [2.45, 2.75) is 19.6 Å². The number of carbonyl (C=O) groups excluding carboxylic acids is 1. The van der Waals surface area contributed by atoms with Crippen LogP contribution in [-0.2, 0) is 31.4 Å². The lowest BCUT2D eigenvalue weighted by atomic mass is 10.0. The maximum Gasteiger partial charge on any atom is 0.410 e. The molecule has 104 valence electrons. The fraction of sp³-hybridized carbons (Fsp3) is 0.333. The summed E-state index contributed by atoms with van der Waals surface area (Å²) in [5.41, 5.74) is 3.41. The van der Waals surface area contributed by atoms with Crippen LogP contribution in [0.15, 0.2) is 36.5 Å². The van der Waals surface area contributed by atoms with Crippen LogP contribution in [0.1, 0.15) is 16.8 Å². The number of hydrogen-bond donors (Lipinski definition) is 0. The molecule has 1 aromatic heterocycles. The van der Waals surface area contributed by atoms with E-state index in [0.29, 0.717) is 13.1 Å². The van der Waals surface area contributed by atoms with Crippen LogP contribution in [0.25, 0.3) is 0 Å². The largest absolute Gasteiger partial charge is 0.443 e. The van der Waals surface area contributed by atoms with Crippen LogP contribution in [-0.4, -0.2) is 27.3 Å². The molecule has 1 aliphatic heterocycles. The number of nitrogens with zero attached hydrogens (tertiary/aromatic N) is 3. The zero-order valence-corrected chi connectivity index (χ0v) is 11.5. The van der Waals surface area contributed by atoms with E-state index in [1.165, 1.54) is 11.1 Å². The van der Waals surface area contributed by atoms with E-state index in [-0.39, 0.29) is 12.7 Å². The zero-order chi connectivity index (χ0) is 13.9. The molecule has 0 spiro atoms. The molecule has 0 aliphatic carbocycles. The molecule has 0 N–H and O–H groups in total. The van der Waals surface area contributed by atoms with Crippen molar-refractivity contribution in [3.05, 3.63) is 53.3 Å². The van der Waals surface area contributed by atoms with Crippen LogP contribution in [0.5, 0.6) is 0 Å². The Morgan fingerprint density at radius 2 is 2.10 bits per heavy atom. The van der Waals surface area contributed by atoms with E-state index in [0.717, 1.165) is 12.1 Å². The molecule has 0 radical (unpaired) electrons. The van der Waals surface area contributed by atoms with Gasteiger partial charge in [-0.3, -0.25) is 4.68 Å². The van der Waals surface area contributed by atoms with Gasteiger partial charge in [0.2, 0.25) is 0 Å². The molecule has 0 bridgehead atoms. The molecule has 0 saturated heterocycles. The highest BCUT2D eigenvalue weighted by atomic mass is 16.6. The molecule has 1 aromatic carbocycles. The minimum absolute atomic E-state index is 0.257. The minimum Gasteiger partial charge on any atom is -0.443 e. The van der Waals surface area contributed by atoms with Crippen LogP contribution in [0.2, 0.25) is 0 Å². The predicted octanol–water partition coefficient (Wildman–Crippen LogP) is 2.12. The van der Waals surface area contributed by atoms with Gasteiger partial charge in [0.05, 0.1) is 5.69 Å². The number of fused-ring (bicyclic) bond motifs is 1. The zero-order valence-electron chi connectivity index (χ0n) is 11.5. The average molecular weight is 271 g/mol. The highest BCUT2D eigenvalue weighted by molar-refractivity contribution is 5.68. The number of rotatable bonds is 2. The molecule has 20 heavy (non-hydrogen) atoms. The lowest BCUT2D eigenvalue weighted by Gasteiger charge is -2.28. The lowest BCUT2D eigenvalue weighted by Crippen LogP contribution is -2.36. The molecular formula is C15H17N3O2. The molecule has 5 nitrogen and oxygen atoms in total. The van der Waals surface area contributed by atoms with E-state index in [1.807, 2.05) is 25.2 Å². The van der Waals surface area contributed by atoms with Crippen molar-refractivity contribution in [1.82, 2.24) is 14.7 Å². The molecule has 1 aliphatic rings. The quantitative estimate of drug-likeness (QED) is 0.840. The van der Waals surface area contributed by atoms with E-state index in [2.05, 4.69) is 17.2 Å². The second-order valence-corrected chi connectivity index (χ2v) is 4.94. The van der Waals surface area contributed by atoms with E-state index >= 15 is 0 Å². The molecule has 2 aromatic rings. The van der Waals surface area contributed by atoms with Crippen molar-refractivity contribution in [3.63, 3.8) is 0 Å². The second kappa shape index (κ2) is 5.36. The number of hydrogen-bond acceptors (Lipinski definition) is 3. The summed E-state index contributed by atoms with van der Waals surface area (Å²) in [6.07, 6.45) is 2.32. The van der Waals surface area contributed by atoms with Gasteiger partial charge < -0.3 is 9.64 Å². The van der Waals surface area contributed by atoms with Crippen molar-refractivity contribution < 1.29 is 9.53 Å². The number of benzene rings is 1. The number of aryl methyl sites for hydroxylation is 1. The minimum atomic E-state index is -0.263. The Morgan fingerprint density at radius 1 is 1.30 bits per heavy atom. The van der Waals surface area contributed by atoms with Crippen LogP contribution in [0.4, 0.5) is 4.79 Å². The SMILES string of the molecule is Cn1nccc1COC(=O)N1CCc2ccccc2C1. The Kier molecular flexibility index (Phi) is 3.41. The van der Waals surface area contributed by atoms with Crippen molar-refractivity contribution in [2.75, 3.05) is 6.54 Å². The normalized spacial score (nSPS) is 13.9. The van der Waals surface area contributed by atoms with Gasteiger partial charge in [-0.25, -0.2) is 4.79 Å². The smallest absolute Gasteiger partial charge is 0.410 e. The average Bonchev–Trinajstić information content (AvgIpc) is 2.89. The number of ether oxygens (including phenoxy) is 1. The number of aromatic nitrogens is 2. The van der Waals surface area contributed by atoms with Gasteiger partial charge in [0.25, 0.3) is 0 Å². The number of amides is 1. The Bertz CT molecular complexity index is 621. The van der Waals surface area contributed by atoms with Crippen molar-refractivity contribution in [3.8, 4) is 0 Å². The third-order valence-corrected chi connectivity index (χ3v) is 3.65. The van der Waals surface area contributed by atoms with Gasteiger partial charge in [-0.05, 0) is 23.6 Å². The summed E-state index contributed by atoms with van der Waals surface area (Å²) in [6, 6.07) is 10.1. The highest BCUT2D eigenvalue weighted by Gasteiger charge is 2.21. The van der Waals surface area contributed by atoms with E-state index in [1.54, 1.807) is 15.8 Å². The third-order valence-electron chi connectivity index (χ3n) is 3.65. The standard InChI is InChI=1S/C15H17N3O2/c1-17-14(6-8-16-17)11-20-15(19)18-9-7-12-4-2-3-5-13(12)10-18/h2-6,8H,7,9-11H2,1H3. The first-order chi connectivity index (χ1) is 9.74. The second-order valence-electron chi connectivity index (χ2n) is 4.94. The molecule has 0 fully saturated rings. The summed E-state index contributed by atoms with van der Waals surface area (Å²) in [6.45, 7) is 1.59. The Labute approximate surface area is 117 Å². The van der Waals surface area contributed by atoms with Crippen LogP contribution < -0.4 is 0 Å². The Balaban J connectivity index is 1.60. The van der Waals surface area contributed by atoms with Crippen molar-refractivity contribution in [2.24, 2.45) is 7.05 Å². The Morgan fingerprint density at radius 3 is 2.85 bits per heavy atom. The van der Waals surface area contributed by atoms with E-state index < -0.39 is 0 Å². The third kappa shape index (κ3) is 2.52. The van der Waals surface area contributed by atoms with Crippen LogP contribution in [0, 0.1) is 0 Å². The topological polar surface area (TPSA) is 47.4 Å². The predicted molar refractivity (Wildman–Crippen MR) is 73.9 cm³/mol. The first-order valence-corrected chi connectivity index (χ1v) is 6.69. The van der Waals surface area contributed by atoms with Gasteiger partial charge in [-0.1, -0.05) is 24.3 Å². The fourth-order valence-electron chi connectivity index (χ4n) is 2.42. The molecular weight excluding hydrogens is 254 g/mol. The van der Waals surface area contributed by atoms with Crippen molar-refractivity contribution in [1.29, 1.82) is 0 Å². The molecule has 2 heterocycles. The maximum atomic E-state index is 12.1. The summed E-state index contributed by atoms with van der Waals surface area (Å²) in [5.74, 6) is 0. The molecule has 3 rings (SSSR count). The number of carbonyl (C=O) groups is 1. The van der Waals surface area contributed by atoms with Gasteiger partial charge in [0.15, 0.2) is 0 Å². The van der Waals surface area contributed by atoms with E-state index in [9.17, 15) is 4.79 Å².